The number of aromatic hydroxyl groups is 1. The molecule has 0 amide bonds. The molecule has 1 aromatic carbocycles. The van der Waals surface area contributed by atoms with Crippen LogP contribution in [0.5, 0.6) is 28.7 Å². The van der Waals surface area contributed by atoms with Gasteiger partial charge in [0.25, 0.3) is 0 Å². The van der Waals surface area contributed by atoms with Gasteiger partial charge in [0.1, 0.15) is 0 Å². The Hall–Kier alpha value is -2.31. The van der Waals surface area contributed by atoms with Crippen molar-refractivity contribution in [2.24, 2.45) is 0 Å². The topological polar surface area (TPSA) is 94.5 Å². The quantitative estimate of drug-likeness (QED) is 0.0952. The molecule has 7 heteroatoms. The standard InChI is InChI=1S/C34H60O7/c1-5-9-13-17-18-19-23-25-39-31-29(35)28(34(36)37)30(38-24-20-14-10-6-2)32(40-26-21-15-11-7-3)33(31)41-27-22-16-12-8-4/h35H,5-27H2,1-4H3,(H,36,37). The molecule has 238 valence electrons. The minimum atomic E-state index is -1.28. The van der Waals surface area contributed by atoms with E-state index in [1.165, 1.54) is 25.7 Å². The average molecular weight is 581 g/mol. The summed E-state index contributed by atoms with van der Waals surface area (Å²) in [7, 11) is 0. The number of unbranched alkanes of at least 4 members (excludes halogenated alkanes) is 15. The molecular weight excluding hydrogens is 520 g/mol. The lowest BCUT2D eigenvalue weighted by Gasteiger charge is -2.23. The highest BCUT2D eigenvalue weighted by molar-refractivity contribution is 5.97. The first kappa shape index (κ1) is 36.7. The molecule has 1 aromatic rings. The number of rotatable bonds is 28. The predicted octanol–water partition coefficient (Wildman–Crippen LogP) is 10.1. The number of ether oxygens (including phenoxy) is 4. The van der Waals surface area contributed by atoms with Crippen LogP contribution in [0.3, 0.4) is 0 Å². The van der Waals surface area contributed by atoms with E-state index in [-0.39, 0.29) is 28.6 Å². The van der Waals surface area contributed by atoms with E-state index in [9.17, 15) is 15.0 Å². The SMILES string of the molecule is CCCCCCCCCOc1c(O)c(C(=O)O)c(OCCCCCC)c(OCCCCCC)c1OCCCCCC. The molecule has 0 aliphatic rings. The van der Waals surface area contributed by atoms with Gasteiger partial charge >= 0.3 is 5.97 Å². The maximum Gasteiger partial charge on any atom is 0.343 e. The van der Waals surface area contributed by atoms with Crippen LogP contribution in [0.15, 0.2) is 0 Å². The van der Waals surface area contributed by atoms with Crippen LogP contribution in [0.1, 0.15) is 160 Å². The van der Waals surface area contributed by atoms with Crippen molar-refractivity contribution < 1.29 is 34.0 Å². The molecule has 0 atom stereocenters. The van der Waals surface area contributed by atoms with E-state index in [2.05, 4.69) is 27.7 Å². The van der Waals surface area contributed by atoms with Gasteiger partial charge in [-0.1, -0.05) is 124 Å². The number of carbonyl (C=O) groups is 1. The number of carboxylic acid groups (broad SMARTS) is 1. The molecule has 0 saturated carbocycles. The molecule has 0 aliphatic heterocycles. The smallest absolute Gasteiger partial charge is 0.343 e. The Morgan fingerprint density at radius 1 is 0.463 bits per heavy atom. The molecule has 0 radical (unpaired) electrons. The molecule has 0 aromatic heterocycles. The monoisotopic (exact) mass is 580 g/mol. The van der Waals surface area contributed by atoms with Crippen molar-refractivity contribution in [3.05, 3.63) is 5.56 Å². The lowest BCUT2D eigenvalue weighted by molar-refractivity contribution is 0.0685. The molecule has 0 aliphatic carbocycles. The van der Waals surface area contributed by atoms with Gasteiger partial charge in [-0.05, 0) is 25.7 Å². The van der Waals surface area contributed by atoms with Crippen molar-refractivity contribution in [2.75, 3.05) is 26.4 Å². The Labute approximate surface area is 250 Å². The van der Waals surface area contributed by atoms with Gasteiger partial charge in [0.15, 0.2) is 17.1 Å². The van der Waals surface area contributed by atoms with Crippen LogP contribution in [0.25, 0.3) is 0 Å². The summed E-state index contributed by atoms with van der Waals surface area (Å²) in [5.41, 5.74) is -0.322. The first-order valence-corrected chi connectivity index (χ1v) is 16.7. The second kappa shape index (κ2) is 24.3. The lowest BCUT2D eigenvalue weighted by atomic mass is 10.1. The maximum absolute atomic E-state index is 12.5. The summed E-state index contributed by atoms with van der Waals surface area (Å²) in [5, 5.41) is 21.4. The van der Waals surface area contributed by atoms with Gasteiger partial charge < -0.3 is 29.2 Å². The Bertz CT molecular complexity index is 809. The van der Waals surface area contributed by atoms with Crippen LogP contribution in [-0.2, 0) is 0 Å². The van der Waals surface area contributed by atoms with E-state index >= 15 is 0 Å². The van der Waals surface area contributed by atoms with E-state index in [1.54, 1.807) is 0 Å². The zero-order chi connectivity index (χ0) is 30.1. The van der Waals surface area contributed by atoms with Gasteiger partial charge in [-0.3, -0.25) is 0 Å². The molecular formula is C34H60O7. The van der Waals surface area contributed by atoms with E-state index < -0.39 is 11.7 Å². The van der Waals surface area contributed by atoms with Gasteiger partial charge in [0.2, 0.25) is 17.2 Å². The second-order valence-electron chi connectivity index (χ2n) is 11.0. The van der Waals surface area contributed by atoms with Crippen molar-refractivity contribution in [3.63, 3.8) is 0 Å². The molecule has 0 unspecified atom stereocenters. The molecule has 41 heavy (non-hydrogen) atoms. The van der Waals surface area contributed by atoms with E-state index in [0.717, 1.165) is 96.3 Å². The van der Waals surface area contributed by atoms with Gasteiger partial charge in [0, 0.05) is 0 Å². The molecule has 0 bridgehead atoms. The van der Waals surface area contributed by atoms with Crippen molar-refractivity contribution >= 4 is 5.97 Å². The van der Waals surface area contributed by atoms with Crippen molar-refractivity contribution in [3.8, 4) is 28.7 Å². The lowest BCUT2D eigenvalue weighted by Crippen LogP contribution is -2.13. The Morgan fingerprint density at radius 2 is 0.756 bits per heavy atom. The van der Waals surface area contributed by atoms with Crippen molar-refractivity contribution in [1.82, 2.24) is 0 Å². The summed E-state index contributed by atoms with van der Waals surface area (Å²) >= 11 is 0. The number of aromatic carboxylic acids is 1. The zero-order valence-electron chi connectivity index (χ0n) is 26.7. The third-order valence-corrected chi connectivity index (χ3v) is 7.24. The Kier molecular flexibility index (Phi) is 21.8. The fraction of sp³-hybridized carbons (Fsp3) is 0.794. The maximum atomic E-state index is 12.5. The molecule has 2 N–H and O–H groups in total. The summed E-state index contributed by atoms with van der Waals surface area (Å²) < 4.78 is 24.6. The summed E-state index contributed by atoms with van der Waals surface area (Å²) in [6.07, 6.45) is 20.0. The molecule has 0 heterocycles. The molecule has 0 spiro atoms. The van der Waals surface area contributed by atoms with E-state index in [4.69, 9.17) is 18.9 Å². The third kappa shape index (κ3) is 14.9. The highest BCUT2D eigenvalue weighted by Gasteiger charge is 2.32. The number of hydrogen-bond donors (Lipinski definition) is 2. The second-order valence-corrected chi connectivity index (χ2v) is 11.0. The highest BCUT2D eigenvalue weighted by Crippen LogP contribution is 2.53. The molecule has 0 fully saturated rings. The van der Waals surface area contributed by atoms with Gasteiger partial charge in [0.05, 0.1) is 26.4 Å². The van der Waals surface area contributed by atoms with Gasteiger partial charge in [-0.2, -0.15) is 0 Å². The van der Waals surface area contributed by atoms with Crippen LogP contribution < -0.4 is 18.9 Å². The van der Waals surface area contributed by atoms with E-state index in [0.29, 0.717) is 26.4 Å². The zero-order valence-corrected chi connectivity index (χ0v) is 26.7. The van der Waals surface area contributed by atoms with Crippen LogP contribution >= 0.6 is 0 Å². The Morgan fingerprint density at radius 3 is 1.15 bits per heavy atom. The Balaban J connectivity index is 3.30. The normalized spacial score (nSPS) is 11.0. The van der Waals surface area contributed by atoms with E-state index in [1.807, 2.05) is 0 Å². The highest BCUT2D eigenvalue weighted by atomic mass is 16.6. The molecule has 1 rings (SSSR count). The van der Waals surface area contributed by atoms with Gasteiger partial charge in [-0.25, -0.2) is 4.79 Å². The fourth-order valence-corrected chi connectivity index (χ4v) is 4.72. The number of carboxylic acids is 1. The third-order valence-electron chi connectivity index (χ3n) is 7.24. The summed E-state index contributed by atoms with van der Waals surface area (Å²) in [4.78, 5) is 12.5. The summed E-state index contributed by atoms with van der Waals surface area (Å²) in [5.74, 6) is -1.16. The van der Waals surface area contributed by atoms with Crippen molar-refractivity contribution in [1.29, 1.82) is 0 Å². The fourth-order valence-electron chi connectivity index (χ4n) is 4.72. The minimum Gasteiger partial charge on any atom is -0.503 e. The predicted molar refractivity (Wildman–Crippen MR) is 167 cm³/mol. The first-order valence-electron chi connectivity index (χ1n) is 16.7. The van der Waals surface area contributed by atoms with Crippen LogP contribution in [-0.4, -0.2) is 42.6 Å². The van der Waals surface area contributed by atoms with Crippen LogP contribution in [0, 0.1) is 0 Å². The van der Waals surface area contributed by atoms with Crippen LogP contribution in [0.4, 0.5) is 0 Å². The average Bonchev–Trinajstić information content (AvgIpc) is 2.95. The number of phenols is 1. The molecule has 0 saturated heterocycles. The minimum absolute atomic E-state index is 0.0359. The van der Waals surface area contributed by atoms with Crippen LogP contribution in [0.2, 0.25) is 0 Å². The number of hydrogen-bond acceptors (Lipinski definition) is 6. The molecule has 7 nitrogen and oxygen atoms in total. The summed E-state index contributed by atoms with van der Waals surface area (Å²) in [6.45, 7) is 10.2. The largest absolute Gasteiger partial charge is 0.503 e. The number of benzene rings is 1. The summed E-state index contributed by atoms with van der Waals surface area (Å²) in [6, 6.07) is 0. The van der Waals surface area contributed by atoms with Crippen molar-refractivity contribution in [2.45, 2.75) is 150 Å². The van der Waals surface area contributed by atoms with Gasteiger partial charge in [-0.15, -0.1) is 0 Å². The first-order chi connectivity index (χ1) is 20.0.